The van der Waals surface area contributed by atoms with E-state index in [-0.39, 0.29) is 0 Å². The van der Waals surface area contributed by atoms with Crippen LogP contribution in [-0.4, -0.2) is 10.2 Å². The molecule has 144 valence electrons. The Morgan fingerprint density at radius 1 is 0.467 bits per heavy atom. The van der Waals surface area contributed by atoms with Crippen molar-refractivity contribution in [2.45, 2.75) is 0 Å². The summed E-state index contributed by atoms with van der Waals surface area (Å²) in [5.41, 5.74) is 6.27. The van der Waals surface area contributed by atoms with Crippen molar-refractivity contribution >= 4 is 15.9 Å². The maximum Gasteiger partial charge on any atom is 0.248 e. The molecule has 1 aromatic heterocycles. The molecule has 5 aromatic rings. The van der Waals surface area contributed by atoms with Crippen LogP contribution in [0.1, 0.15) is 0 Å². The van der Waals surface area contributed by atoms with Gasteiger partial charge < -0.3 is 4.42 Å². The normalized spacial score (nSPS) is 10.8. The van der Waals surface area contributed by atoms with Gasteiger partial charge in [0.2, 0.25) is 11.8 Å². The summed E-state index contributed by atoms with van der Waals surface area (Å²) in [5, 5.41) is 8.60. The van der Waals surface area contributed by atoms with Gasteiger partial charge in [-0.1, -0.05) is 82.7 Å². The first-order valence-electron chi connectivity index (χ1n) is 9.62. The monoisotopic (exact) mass is 452 g/mol. The Morgan fingerprint density at radius 3 is 1.53 bits per heavy atom. The molecule has 0 aliphatic carbocycles. The molecule has 3 nitrogen and oxygen atoms in total. The van der Waals surface area contributed by atoms with Crippen LogP contribution >= 0.6 is 15.9 Å². The van der Waals surface area contributed by atoms with Crippen LogP contribution < -0.4 is 0 Å². The zero-order valence-corrected chi connectivity index (χ0v) is 17.6. The van der Waals surface area contributed by atoms with Crippen LogP contribution in [0.2, 0.25) is 0 Å². The highest BCUT2D eigenvalue weighted by atomic mass is 79.9. The molecule has 30 heavy (non-hydrogen) atoms. The molecule has 0 spiro atoms. The fourth-order valence-electron chi connectivity index (χ4n) is 3.42. The fourth-order valence-corrected chi connectivity index (χ4v) is 3.82. The molecule has 0 bridgehead atoms. The molecule has 0 N–H and O–H groups in total. The van der Waals surface area contributed by atoms with E-state index >= 15 is 0 Å². The Morgan fingerprint density at radius 2 is 0.967 bits per heavy atom. The molecule has 0 radical (unpaired) electrons. The van der Waals surface area contributed by atoms with Crippen LogP contribution in [0.15, 0.2) is 112 Å². The van der Waals surface area contributed by atoms with Crippen LogP contribution in [0.4, 0.5) is 0 Å². The second kappa shape index (κ2) is 8.09. The third-order valence-corrected chi connectivity index (χ3v) is 5.38. The summed E-state index contributed by atoms with van der Waals surface area (Å²) in [4.78, 5) is 0. The van der Waals surface area contributed by atoms with E-state index in [1.807, 2.05) is 60.7 Å². The van der Waals surface area contributed by atoms with Crippen molar-refractivity contribution in [1.29, 1.82) is 0 Å². The first-order chi connectivity index (χ1) is 14.8. The summed E-state index contributed by atoms with van der Waals surface area (Å²) in [7, 11) is 0. The van der Waals surface area contributed by atoms with E-state index in [0.29, 0.717) is 11.8 Å². The topological polar surface area (TPSA) is 38.9 Å². The van der Waals surface area contributed by atoms with E-state index in [9.17, 15) is 0 Å². The third kappa shape index (κ3) is 3.82. The molecule has 0 saturated heterocycles. The minimum atomic E-state index is 0.498. The number of nitrogens with zero attached hydrogens (tertiary/aromatic N) is 2. The van der Waals surface area contributed by atoms with Crippen molar-refractivity contribution in [2.24, 2.45) is 0 Å². The van der Waals surface area contributed by atoms with E-state index in [2.05, 4.69) is 68.6 Å². The van der Waals surface area contributed by atoms with Gasteiger partial charge in [0.05, 0.1) is 0 Å². The maximum atomic E-state index is 6.05. The van der Waals surface area contributed by atoms with E-state index < -0.39 is 0 Å². The average molecular weight is 453 g/mol. The molecule has 0 amide bonds. The molecule has 0 unspecified atom stereocenters. The van der Waals surface area contributed by atoms with Crippen LogP contribution in [0.25, 0.3) is 45.2 Å². The Kier molecular flexibility index (Phi) is 4.99. The summed E-state index contributed by atoms with van der Waals surface area (Å²) < 4.78 is 7.02. The fraction of sp³-hybridized carbons (Fsp3) is 0. The highest BCUT2D eigenvalue weighted by Crippen LogP contribution is 2.33. The average Bonchev–Trinajstić information content (AvgIpc) is 3.31. The van der Waals surface area contributed by atoms with Gasteiger partial charge in [-0.2, -0.15) is 0 Å². The minimum Gasteiger partial charge on any atom is -0.416 e. The van der Waals surface area contributed by atoms with Gasteiger partial charge in [-0.25, -0.2) is 0 Å². The van der Waals surface area contributed by atoms with Crippen molar-refractivity contribution in [3.8, 4) is 45.2 Å². The second-order valence-electron chi connectivity index (χ2n) is 6.95. The Hall–Kier alpha value is -3.50. The van der Waals surface area contributed by atoms with Crippen LogP contribution in [-0.2, 0) is 0 Å². The van der Waals surface area contributed by atoms with Crippen molar-refractivity contribution in [2.75, 3.05) is 0 Å². The third-order valence-electron chi connectivity index (χ3n) is 4.89. The van der Waals surface area contributed by atoms with Crippen molar-refractivity contribution in [3.63, 3.8) is 0 Å². The standard InChI is InChI=1S/C26H17BrN2O/c27-24-13-7-12-20(17-24)25-28-29-26(30-25)23-15-21(18-8-3-1-4-9-18)14-22(16-23)19-10-5-2-6-11-19/h1-17H. The molecule has 0 atom stereocenters. The largest absolute Gasteiger partial charge is 0.416 e. The molecule has 4 heteroatoms. The number of halogens is 1. The van der Waals surface area contributed by atoms with E-state index in [0.717, 1.165) is 37.9 Å². The molecule has 1 heterocycles. The number of hydrogen-bond acceptors (Lipinski definition) is 3. The molecule has 4 aromatic carbocycles. The second-order valence-corrected chi connectivity index (χ2v) is 7.87. The Balaban J connectivity index is 1.63. The number of aromatic nitrogens is 2. The summed E-state index contributed by atoms with van der Waals surface area (Å²) in [6.45, 7) is 0. The number of rotatable bonds is 4. The van der Waals surface area contributed by atoms with Crippen LogP contribution in [0, 0.1) is 0 Å². The predicted octanol–water partition coefficient (Wildman–Crippen LogP) is 7.50. The van der Waals surface area contributed by atoms with Gasteiger partial charge >= 0.3 is 0 Å². The van der Waals surface area contributed by atoms with Gasteiger partial charge in [0.1, 0.15) is 0 Å². The van der Waals surface area contributed by atoms with Crippen molar-refractivity contribution < 1.29 is 4.42 Å². The number of hydrogen-bond donors (Lipinski definition) is 0. The zero-order valence-electron chi connectivity index (χ0n) is 16.0. The zero-order chi connectivity index (χ0) is 20.3. The number of benzene rings is 4. The quantitative estimate of drug-likeness (QED) is 0.283. The molecule has 0 saturated carbocycles. The lowest BCUT2D eigenvalue weighted by Gasteiger charge is -2.09. The molecule has 0 fully saturated rings. The van der Waals surface area contributed by atoms with Gasteiger partial charge in [-0.3, -0.25) is 0 Å². The van der Waals surface area contributed by atoms with E-state index in [1.165, 1.54) is 0 Å². The Bertz CT molecular complexity index is 1240. The Labute approximate surface area is 183 Å². The summed E-state index contributed by atoms with van der Waals surface area (Å²) >= 11 is 3.49. The molecular weight excluding hydrogens is 436 g/mol. The van der Waals surface area contributed by atoms with Gasteiger partial charge in [-0.15, -0.1) is 10.2 Å². The van der Waals surface area contributed by atoms with E-state index in [4.69, 9.17) is 4.42 Å². The summed E-state index contributed by atoms with van der Waals surface area (Å²) in [5.74, 6) is 0.998. The van der Waals surface area contributed by atoms with Gasteiger partial charge in [-0.05, 0) is 58.7 Å². The van der Waals surface area contributed by atoms with Crippen molar-refractivity contribution in [1.82, 2.24) is 10.2 Å². The van der Waals surface area contributed by atoms with E-state index in [1.54, 1.807) is 0 Å². The van der Waals surface area contributed by atoms with Crippen LogP contribution in [0.5, 0.6) is 0 Å². The first kappa shape index (κ1) is 18.5. The minimum absolute atomic E-state index is 0.498. The summed E-state index contributed by atoms with van der Waals surface area (Å²) in [6.07, 6.45) is 0. The lowest BCUT2D eigenvalue weighted by molar-refractivity contribution is 0.584. The molecular formula is C26H17BrN2O. The lowest BCUT2D eigenvalue weighted by Crippen LogP contribution is -1.86. The predicted molar refractivity (Wildman–Crippen MR) is 124 cm³/mol. The highest BCUT2D eigenvalue weighted by molar-refractivity contribution is 9.10. The first-order valence-corrected chi connectivity index (χ1v) is 10.4. The smallest absolute Gasteiger partial charge is 0.248 e. The lowest BCUT2D eigenvalue weighted by atomic mass is 9.96. The van der Waals surface area contributed by atoms with Gasteiger partial charge in [0.25, 0.3) is 0 Å². The molecule has 5 rings (SSSR count). The molecule has 0 aliphatic heterocycles. The van der Waals surface area contributed by atoms with Gasteiger partial charge in [0, 0.05) is 15.6 Å². The highest BCUT2D eigenvalue weighted by Gasteiger charge is 2.14. The SMILES string of the molecule is Brc1cccc(-c2nnc(-c3cc(-c4ccccc4)cc(-c4ccccc4)c3)o2)c1. The summed E-state index contributed by atoms with van der Waals surface area (Å²) in [6, 6.07) is 34.9. The van der Waals surface area contributed by atoms with Gasteiger partial charge in [0.15, 0.2) is 0 Å². The van der Waals surface area contributed by atoms with Crippen LogP contribution in [0.3, 0.4) is 0 Å². The maximum absolute atomic E-state index is 6.05. The molecule has 0 aliphatic rings. The van der Waals surface area contributed by atoms with Crippen molar-refractivity contribution in [3.05, 3.63) is 108 Å².